The summed E-state index contributed by atoms with van der Waals surface area (Å²) in [6, 6.07) is 2.12. The maximum atomic E-state index is 12.3. The van der Waals surface area contributed by atoms with E-state index in [9.17, 15) is 18.4 Å². The van der Waals surface area contributed by atoms with Crippen LogP contribution in [-0.4, -0.2) is 43.4 Å². The molecule has 1 aromatic carbocycles. The van der Waals surface area contributed by atoms with Crippen molar-refractivity contribution in [3.8, 4) is 5.75 Å². The quantitative estimate of drug-likeness (QED) is 0.799. The number of halogens is 3. The van der Waals surface area contributed by atoms with Crippen LogP contribution >= 0.6 is 11.6 Å². The topological polar surface area (TPSA) is 84.9 Å². The van der Waals surface area contributed by atoms with Gasteiger partial charge in [-0.15, -0.1) is 0 Å². The van der Waals surface area contributed by atoms with Crippen LogP contribution in [0.3, 0.4) is 0 Å². The Morgan fingerprint density at radius 1 is 1.43 bits per heavy atom. The molecule has 6 nitrogen and oxygen atoms in total. The second-order valence-corrected chi connectivity index (χ2v) is 4.28. The molecule has 0 saturated carbocycles. The number of hydrogen-bond donors (Lipinski definition) is 2. The van der Waals surface area contributed by atoms with Crippen molar-refractivity contribution < 1.29 is 33.0 Å². The lowest BCUT2D eigenvalue weighted by Gasteiger charge is -2.15. The van der Waals surface area contributed by atoms with E-state index in [1.807, 2.05) is 0 Å². The third-order valence-electron chi connectivity index (χ3n) is 2.34. The van der Waals surface area contributed by atoms with Gasteiger partial charge in [0, 0.05) is 12.1 Å². The van der Waals surface area contributed by atoms with Gasteiger partial charge >= 0.3 is 12.6 Å². The highest BCUT2D eigenvalue weighted by Gasteiger charge is 2.23. The van der Waals surface area contributed by atoms with Crippen molar-refractivity contribution in [3.05, 3.63) is 28.8 Å². The van der Waals surface area contributed by atoms with Crippen molar-refractivity contribution in [2.75, 3.05) is 13.7 Å². The summed E-state index contributed by atoms with van der Waals surface area (Å²) < 4.78 is 33.4. The van der Waals surface area contributed by atoms with Crippen molar-refractivity contribution in [2.45, 2.75) is 12.7 Å². The maximum absolute atomic E-state index is 12.3. The fourth-order valence-electron chi connectivity index (χ4n) is 1.46. The second kappa shape index (κ2) is 7.75. The predicted octanol–water partition coefficient (Wildman–Crippen LogP) is 1.77. The summed E-state index contributed by atoms with van der Waals surface area (Å²) in [4.78, 5) is 22.9. The molecule has 9 heteroatoms. The monoisotopic (exact) mass is 323 g/mol. The number of amides is 1. The van der Waals surface area contributed by atoms with E-state index in [1.54, 1.807) is 0 Å². The third kappa shape index (κ3) is 5.16. The van der Waals surface area contributed by atoms with Gasteiger partial charge in [0.05, 0.1) is 12.2 Å². The van der Waals surface area contributed by atoms with E-state index < -0.39 is 30.3 Å². The van der Waals surface area contributed by atoms with Crippen LogP contribution < -0.4 is 10.1 Å². The molecular weight excluding hydrogens is 312 g/mol. The van der Waals surface area contributed by atoms with Gasteiger partial charge in [-0.1, -0.05) is 11.6 Å². The number of carboxylic acids is 1. The van der Waals surface area contributed by atoms with Crippen LogP contribution in [0.5, 0.6) is 5.75 Å². The first kappa shape index (κ1) is 17.1. The molecule has 0 radical (unpaired) electrons. The molecule has 0 fully saturated rings. The Balaban J connectivity index is 2.99. The van der Waals surface area contributed by atoms with E-state index in [1.165, 1.54) is 13.2 Å². The lowest BCUT2D eigenvalue weighted by molar-refractivity contribution is -0.140. The molecule has 116 valence electrons. The Hall–Kier alpha value is -1.93. The summed E-state index contributed by atoms with van der Waals surface area (Å²) in [6.45, 7) is -3.42. The molecule has 0 aliphatic carbocycles. The fourth-order valence-corrected chi connectivity index (χ4v) is 1.63. The highest BCUT2D eigenvalue weighted by atomic mass is 35.5. The zero-order chi connectivity index (χ0) is 16.0. The Kier molecular flexibility index (Phi) is 6.32. The predicted molar refractivity (Wildman–Crippen MR) is 68.9 cm³/mol. The molecule has 2 N–H and O–H groups in total. The number of ether oxygens (including phenoxy) is 2. The highest BCUT2D eigenvalue weighted by Crippen LogP contribution is 2.24. The Morgan fingerprint density at radius 2 is 2.10 bits per heavy atom. The van der Waals surface area contributed by atoms with Gasteiger partial charge in [0.15, 0.2) is 6.04 Å². The van der Waals surface area contributed by atoms with Crippen LogP contribution in [0.15, 0.2) is 18.2 Å². The molecule has 0 aromatic heterocycles. The van der Waals surface area contributed by atoms with Crippen LogP contribution in [0.25, 0.3) is 0 Å². The number of nitrogens with one attached hydrogen (secondary N) is 1. The average molecular weight is 324 g/mol. The van der Waals surface area contributed by atoms with E-state index in [0.29, 0.717) is 0 Å². The molecule has 0 aliphatic heterocycles. The van der Waals surface area contributed by atoms with E-state index >= 15 is 0 Å². The van der Waals surface area contributed by atoms with Gasteiger partial charge in [0.2, 0.25) is 0 Å². The Morgan fingerprint density at radius 3 is 2.62 bits per heavy atom. The summed E-state index contributed by atoms with van der Waals surface area (Å²) in [5.41, 5.74) is -0.301. The number of methoxy groups -OCH3 is 1. The standard InChI is InChI=1S/C12H12ClF2NO5/c1-20-5-8(11(18)19)16-10(17)7-4-6(13)2-3-9(7)21-12(14)15/h2-4,8,12H,5H2,1H3,(H,16,17)(H,18,19). The molecule has 1 amide bonds. The first-order chi connectivity index (χ1) is 9.85. The molecule has 21 heavy (non-hydrogen) atoms. The van der Waals surface area contributed by atoms with Gasteiger partial charge in [-0.3, -0.25) is 4.79 Å². The molecule has 0 heterocycles. The summed E-state index contributed by atoms with van der Waals surface area (Å²) in [6.07, 6.45) is 0. The number of benzene rings is 1. The minimum atomic E-state index is -3.13. The number of alkyl halides is 2. The van der Waals surface area contributed by atoms with Crippen LogP contribution in [-0.2, 0) is 9.53 Å². The second-order valence-electron chi connectivity index (χ2n) is 3.84. The molecule has 0 bridgehead atoms. The lowest BCUT2D eigenvalue weighted by atomic mass is 10.1. The minimum absolute atomic E-state index is 0.111. The van der Waals surface area contributed by atoms with Crippen LogP contribution in [0, 0.1) is 0 Å². The summed E-state index contributed by atoms with van der Waals surface area (Å²) in [7, 11) is 1.26. The van der Waals surface area contributed by atoms with Gasteiger partial charge in [-0.05, 0) is 18.2 Å². The number of hydrogen-bond acceptors (Lipinski definition) is 4. The zero-order valence-electron chi connectivity index (χ0n) is 10.8. The van der Waals surface area contributed by atoms with Gasteiger partial charge < -0.3 is 19.9 Å². The van der Waals surface area contributed by atoms with Gasteiger partial charge in [-0.25, -0.2) is 4.79 Å². The largest absolute Gasteiger partial charge is 0.480 e. The molecule has 1 atom stereocenters. The van der Waals surface area contributed by atoms with Crippen molar-refractivity contribution in [1.29, 1.82) is 0 Å². The van der Waals surface area contributed by atoms with E-state index in [0.717, 1.165) is 12.1 Å². The van der Waals surface area contributed by atoms with Gasteiger partial charge in [-0.2, -0.15) is 8.78 Å². The fraction of sp³-hybridized carbons (Fsp3) is 0.333. The highest BCUT2D eigenvalue weighted by molar-refractivity contribution is 6.31. The number of aliphatic carboxylic acids is 1. The van der Waals surface area contributed by atoms with Crippen LogP contribution in [0.2, 0.25) is 5.02 Å². The van der Waals surface area contributed by atoms with Crippen molar-refractivity contribution >= 4 is 23.5 Å². The molecule has 1 unspecified atom stereocenters. The first-order valence-electron chi connectivity index (χ1n) is 5.62. The average Bonchev–Trinajstić information content (AvgIpc) is 2.39. The Bertz CT molecular complexity index is 526. The molecule has 0 aliphatic rings. The number of carbonyl (C=O) groups excluding carboxylic acids is 1. The molecule has 0 spiro atoms. The summed E-state index contributed by atoms with van der Waals surface area (Å²) in [5.74, 6) is -2.66. The summed E-state index contributed by atoms with van der Waals surface area (Å²) in [5, 5.41) is 11.1. The van der Waals surface area contributed by atoms with Gasteiger partial charge in [0.1, 0.15) is 5.75 Å². The molecule has 1 aromatic rings. The number of carboxylic acid groups (broad SMARTS) is 1. The van der Waals surface area contributed by atoms with Crippen LogP contribution in [0.1, 0.15) is 10.4 Å². The Labute approximate surface area is 123 Å². The van der Waals surface area contributed by atoms with E-state index in [4.69, 9.17) is 16.7 Å². The van der Waals surface area contributed by atoms with Crippen molar-refractivity contribution in [3.63, 3.8) is 0 Å². The van der Waals surface area contributed by atoms with Crippen molar-refractivity contribution in [1.82, 2.24) is 5.32 Å². The SMILES string of the molecule is COCC(NC(=O)c1cc(Cl)ccc1OC(F)F)C(=O)O. The zero-order valence-corrected chi connectivity index (χ0v) is 11.6. The van der Waals surface area contributed by atoms with Crippen molar-refractivity contribution in [2.24, 2.45) is 0 Å². The first-order valence-corrected chi connectivity index (χ1v) is 6.00. The number of carbonyl (C=O) groups is 2. The van der Waals surface area contributed by atoms with E-state index in [2.05, 4.69) is 14.8 Å². The smallest absolute Gasteiger partial charge is 0.387 e. The minimum Gasteiger partial charge on any atom is -0.480 e. The maximum Gasteiger partial charge on any atom is 0.387 e. The summed E-state index contributed by atoms with van der Waals surface area (Å²) >= 11 is 5.69. The normalized spacial score (nSPS) is 12.0. The van der Waals surface area contributed by atoms with E-state index in [-0.39, 0.29) is 17.2 Å². The van der Waals surface area contributed by atoms with Gasteiger partial charge in [0.25, 0.3) is 5.91 Å². The lowest BCUT2D eigenvalue weighted by Crippen LogP contribution is -2.43. The van der Waals surface area contributed by atoms with Crippen LogP contribution in [0.4, 0.5) is 8.78 Å². The third-order valence-corrected chi connectivity index (χ3v) is 2.57. The molecule has 0 saturated heterocycles. The number of rotatable bonds is 7. The molecule has 1 rings (SSSR count). The molecular formula is C12H12ClF2NO5.